The maximum absolute atomic E-state index is 13.1. The van der Waals surface area contributed by atoms with Gasteiger partial charge in [0.15, 0.2) is 5.78 Å². The Labute approximate surface area is 181 Å². The summed E-state index contributed by atoms with van der Waals surface area (Å²) in [6.45, 7) is 4.07. The van der Waals surface area contributed by atoms with E-state index in [-0.39, 0.29) is 46.7 Å². The van der Waals surface area contributed by atoms with Gasteiger partial charge in [-0.2, -0.15) is 0 Å². The lowest BCUT2D eigenvalue weighted by atomic mass is 9.65. The number of amides is 1. The lowest BCUT2D eigenvalue weighted by Crippen LogP contribution is -2.42. The van der Waals surface area contributed by atoms with Crippen LogP contribution in [0.5, 0.6) is 0 Å². The van der Waals surface area contributed by atoms with Crippen LogP contribution in [0.4, 0.5) is 0 Å². The first-order chi connectivity index (χ1) is 14.9. The molecule has 3 aliphatic carbocycles. The predicted octanol–water partition coefficient (Wildman–Crippen LogP) is 3.02. The average molecular weight is 418 g/mol. The van der Waals surface area contributed by atoms with Crippen molar-refractivity contribution in [1.82, 2.24) is 10.3 Å². The highest BCUT2D eigenvalue weighted by molar-refractivity contribution is 6.00. The molecule has 5 rings (SSSR count). The molecule has 1 saturated carbocycles. The Morgan fingerprint density at radius 1 is 1.29 bits per heavy atom. The fraction of sp³-hybridized carbons (Fsp3) is 0.440. The van der Waals surface area contributed by atoms with Crippen molar-refractivity contribution in [3.63, 3.8) is 0 Å². The summed E-state index contributed by atoms with van der Waals surface area (Å²) in [5, 5.41) is 2.81. The highest BCUT2D eigenvalue weighted by Gasteiger charge is 2.57. The quantitative estimate of drug-likeness (QED) is 0.816. The minimum absolute atomic E-state index is 0.00123. The molecule has 2 heterocycles. The Morgan fingerprint density at radius 3 is 2.87 bits per heavy atom. The number of allylic oxidation sites excluding steroid dienone is 4. The van der Waals surface area contributed by atoms with Crippen LogP contribution in [0.3, 0.4) is 0 Å². The molecule has 1 unspecified atom stereocenters. The first-order valence-corrected chi connectivity index (χ1v) is 10.9. The first kappa shape index (κ1) is 19.9. The van der Waals surface area contributed by atoms with E-state index >= 15 is 0 Å². The summed E-state index contributed by atoms with van der Waals surface area (Å²) in [5.41, 5.74) is 2.18. The molecule has 4 aliphatic rings. The van der Waals surface area contributed by atoms with E-state index in [1.807, 2.05) is 24.3 Å². The number of hydrogen-bond acceptors (Lipinski definition) is 5. The monoisotopic (exact) mass is 418 g/mol. The van der Waals surface area contributed by atoms with Gasteiger partial charge in [-0.3, -0.25) is 19.4 Å². The maximum Gasteiger partial charge on any atom is 0.216 e. The van der Waals surface area contributed by atoms with Crippen LogP contribution in [0, 0.1) is 17.3 Å². The van der Waals surface area contributed by atoms with Crippen LogP contribution in [0.15, 0.2) is 59.7 Å². The van der Waals surface area contributed by atoms with E-state index in [0.717, 1.165) is 11.1 Å². The van der Waals surface area contributed by atoms with Gasteiger partial charge in [0.25, 0.3) is 0 Å². The topological polar surface area (TPSA) is 85.4 Å². The van der Waals surface area contributed by atoms with Crippen molar-refractivity contribution in [1.29, 1.82) is 0 Å². The fourth-order valence-corrected chi connectivity index (χ4v) is 5.74. The molecule has 1 aromatic heterocycles. The van der Waals surface area contributed by atoms with Crippen molar-refractivity contribution < 1.29 is 19.1 Å². The lowest BCUT2D eigenvalue weighted by Gasteiger charge is -2.44. The van der Waals surface area contributed by atoms with Crippen molar-refractivity contribution in [2.24, 2.45) is 17.3 Å². The van der Waals surface area contributed by atoms with Gasteiger partial charge in [-0.1, -0.05) is 25.1 Å². The first-order valence-electron chi connectivity index (χ1n) is 10.9. The van der Waals surface area contributed by atoms with Crippen LogP contribution in [0.2, 0.25) is 0 Å². The molecule has 0 radical (unpaired) electrons. The van der Waals surface area contributed by atoms with Gasteiger partial charge < -0.3 is 10.1 Å². The van der Waals surface area contributed by atoms with Crippen LogP contribution in [0.1, 0.15) is 44.6 Å². The highest BCUT2D eigenvalue weighted by Crippen LogP contribution is 2.58. The summed E-state index contributed by atoms with van der Waals surface area (Å²) in [5.74, 6) is 0.653. The number of nitrogens with zero attached hydrogens (tertiary/aromatic N) is 1. The zero-order chi connectivity index (χ0) is 21.8. The van der Waals surface area contributed by atoms with E-state index in [1.54, 1.807) is 12.4 Å². The van der Waals surface area contributed by atoms with Crippen LogP contribution in [-0.4, -0.2) is 35.1 Å². The van der Waals surface area contributed by atoms with Gasteiger partial charge in [-0.05, 0) is 29.2 Å². The highest BCUT2D eigenvalue weighted by atomic mass is 16.5. The fourth-order valence-electron chi connectivity index (χ4n) is 5.74. The molecule has 1 aromatic rings. The number of pyridine rings is 1. The van der Waals surface area contributed by atoms with Gasteiger partial charge in [-0.15, -0.1) is 0 Å². The third-order valence-corrected chi connectivity index (χ3v) is 7.28. The minimum Gasteiger partial charge on any atom is -0.489 e. The number of nitrogens with one attached hydrogen (secondary N) is 1. The van der Waals surface area contributed by atoms with Gasteiger partial charge >= 0.3 is 0 Å². The van der Waals surface area contributed by atoms with Crippen LogP contribution in [0.25, 0.3) is 0 Å². The Morgan fingerprint density at radius 2 is 2.13 bits per heavy atom. The van der Waals surface area contributed by atoms with Gasteiger partial charge in [0.05, 0.1) is 11.5 Å². The Kier molecular flexibility index (Phi) is 4.68. The molecule has 1 N–H and O–H groups in total. The molecule has 0 aromatic carbocycles. The molecular formula is C25H26N2O4. The van der Waals surface area contributed by atoms with Gasteiger partial charge in [0.2, 0.25) is 5.91 Å². The number of carbonyl (C=O) groups excluding carboxylic acids is 3. The van der Waals surface area contributed by atoms with Gasteiger partial charge in [0.1, 0.15) is 17.6 Å². The number of Topliss-reactive ketones (excluding diaryl/α,β-unsaturated/α-hetero) is 2. The third-order valence-electron chi connectivity index (χ3n) is 7.28. The SMILES string of the molecule is CC(=O)NCC1CC(=O)C2=C(C1)O[C@@H]1C(=C2)C=C[C@]2(C)[C@@H](c3cccnc3)C(=O)C[C@@H]12. The van der Waals surface area contributed by atoms with E-state index in [9.17, 15) is 14.4 Å². The lowest BCUT2D eigenvalue weighted by molar-refractivity contribution is -0.120. The van der Waals surface area contributed by atoms with Crippen LogP contribution in [-0.2, 0) is 19.1 Å². The zero-order valence-electron chi connectivity index (χ0n) is 17.8. The molecule has 0 bridgehead atoms. The Hall–Kier alpha value is -3.02. The second kappa shape index (κ2) is 7.29. The van der Waals surface area contributed by atoms with Crippen LogP contribution < -0.4 is 5.32 Å². The molecular weight excluding hydrogens is 392 g/mol. The van der Waals surface area contributed by atoms with Gasteiger partial charge in [0, 0.05) is 56.5 Å². The molecule has 6 nitrogen and oxygen atoms in total. The maximum atomic E-state index is 13.1. The second-order valence-corrected chi connectivity index (χ2v) is 9.35. The van der Waals surface area contributed by atoms with E-state index in [1.165, 1.54) is 6.92 Å². The molecule has 5 atom stereocenters. The number of rotatable bonds is 3. The molecule has 31 heavy (non-hydrogen) atoms. The average Bonchev–Trinajstić information content (AvgIpc) is 3.02. The smallest absolute Gasteiger partial charge is 0.216 e. The summed E-state index contributed by atoms with van der Waals surface area (Å²) < 4.78 is 6.47. The summed E-state index contributed by atoms with van der Waals surface area (Å²) in [6, 6.07) is 3.84. The molecule has 1 amide bonds. The number of fused-ring (bicyclic) bond motifs is 3. The van der Waals surface area contributed by atoms with E-state index in [0.29, 0.717) is 37.1 Å². The minimum atomic E-state index is -0.367. The predicted molar refractivity (Wildman–Crippen MR) is 114 cm³/mol. The van der Waals surface area contributed by atoms with E-state index < -0.39 is 0 Å². The summed E-state index contributed by atoms with van der Waals surface area (Å²) >= 11 is 0. The van der Waals surface area contributed by atoms with Crippen LogP contribution >= 0.6 is 0 Å². The van der Waals surface area contributed by atoms with Crippen molar-refractivity contribution in [3.8, 4) is 0 Å². The van der Waals surface area contributed by atoms with Crippen molar-refractivity contribution in [2.45, 2.75) is 45.1 Å². The summed E-state index contributed by atoms with van der Waals surface area (Å²) in [6.07, 6.45) is 10.8. The molecule has 1 aliphatic heterocycles. The Bertz CT molecular complexity index is 1050. The number of aromatic nitrogens is 1. The number of ether oxygens (including phenoxy) is 1. The number of ketones is 2. The second-order valence-electron chi connectivity index (χ2n) is 9.35. The Balaban J connectivity index is 1.45. The largest absolute Gasteiger partial charge is 0.489 e. The van der Waals surface area contributed by atoms with Gasteiger partial charge in [-0.25, -0.2) is 0 Å². The van der Waals surface area contributed by atoms with E-state index in [2.05, 4.69) is 23.3 Å². The molecule has 0 spiro atoms. The molecule has 1 fully saturated rings. The summed E-state index contributed by atoms with van der Waals surface area (Å²) in [7, 11) is 0. The standard InChI is InChI=1S/C25H26N2O4/c1-14(28)27-12-15-8-20(29)18-10-16-5-6-25(2)19(24(16)31-22(18)9-15)11-21(30)23(25)17-4-3-7-26-13-17/h3-7,10,13,15,19,23-24H,8-9,11-12H2,1-2H3,(H,27,28)/t15?,19-,23-,24+,25-/m0/s1. The molecule has 6 heteroatoms. The molecule has 0 saturated heterocycles. The van der Waals surface area contributed by atoms with E-state index in [4.69, 9.17) is 4.74 Å². The summed E-state index contributed by atoms with van der Waals surface area (Å²) in [4.78, 5) is 41.4. The number of carbonyl (C=O) groups is 3. The van der Waals surface area contributed by atoms with Crippen molar-refractivity contribution in [3.05, 3.63) is 65.2 Å². The molecule has 160 valence electrons. The van der Waals surface area contributed by atoms with Crippen molar-refractivity contribution in [2.75, 3.05) is 6.54 Å². The zero-order valence-corrected chi connectivity index (χ0v) is 17.8. The normalized spacial score (nSPS) is 33.8. The number of hydrogen-bond donors (Lipinski definition) is 1. The third kappa shape index (κ3) is 3.25. The van der Waals surface area contributed by atoms with Crippen molar-refractivity contribution >= 4 is 17.5 Å².